The smallest absolute Gasteiger partial charge is 0.232 e. The molecule has 0 fully saturated rings. The van der Waals surface area contributed by atoms with E-state index in [1.54, 1.807) is 6.20 Å². The summed E-state index contributed by atoms with van der Waals surface area (Å²) in [6.07, 6.45) is 2.35. The molecule has 1 aliphatic heterocycles. The number of nitrogens with zero attached hydrogens (tertiary/aromatic N) is 1. The second-order valence-electron chi connectivity index (χ2n) is 4.88. The number of aromatic amines is 1. The van der Waals surface area contributed by atoms with Crippen LogP contribution in [0.25, 0.3) is 0 Å². The highest BCUT2D eigenvalue weighted by molar-refractivity contribution is 9.10. The molecule has 104 valence electrons. The number of hydrogen-bond acceptors (Lipinski definition) is 3. The van der Waals surface area contributed by atoms with Gasteiger partial charge in [0.2, 0.25) is 5.91 Å². The lowest BCUT2D eigenvalue weighted by Gasteiger charge is -2.24. The lowest BCUT2D eigenvalue weighted by atomic mass is 9.96. The van der Waals surface area contributed by atoms with E-state index < -0.39 is 0 Å². The summed E-state index contributed by atoms with van der Waals surface area (Å²) in [5.41, 5.74) is 1.96. The number of aryl methyl sites for hydroxylation is 1. The Hall–Kier alpha value is -1.82. The third-order valence-corrected chi connectivity index (χ3v) is 3.87. The van der Waals surface area contributed by atoms with E-state index >= 15 is 0 Å². The minimum Gasteiger partial charge on any atom is -0.492 e. The number of rotatable bonds is 2. The number of carbonyl (C=O) groups is 1. The SMILES string of the molecule is Cc1cn[nH]c1NC(=O)C1COc2ccc(Br)cc2C1. The molecule has 1 aromatic carbocycles. The number of carbonyl (C=O) groups excluding carboxylic acids is 1. The molecule has 2 heterocycles. The summed E-state index contributed by atoms with van der Waals surface area (Å²) >= 11 is 3.44. The third kappa shape index (κ3) is 2.56. The van der Waals surface area contributed by atoms with Gasteiger partial charge in [0.25, 0.3) is 0 Å². The lowest BCUT2D eigenvalue weighted by Crippen LogP contribution is -2.32. The topological polar surface area (TPSA) is 67.0 Å². The van der Waals surface area contributed by atoms with E-state index in [1.165, 1.54) is 0 Å². The van der Waals surface area contributed by atoms with Crippen molar-refractivity contribution in [3.05, 3.63) is 40.0 Å². The molecule has 0 saturated carbocycles. The van der Waals surface area contributed by atoms with E-state index in [9.17, 15) is 4.79 Å². The molecule has 2 N–H and O–H groups in total. The van der Waals surface area contributed by atoms with Gasteiger partial charge in [0, 0.05) is 10.0 Å². The Bertz CT molecular complexity index is 654. The van der Waals surface area contributed by atoms with Crippen LogP contribution in [0.15, 0.2) is 28.9 Å². The zero-order valence-electron chi connectivity index (χ0n) is 10.9. The molecule has 1 aliphatic rings. The van der Waals surface area contributed by atoms with Crippen molar-refractivity contribution in [1.29, 1.82) is 0 Å². The summed E-state index contributed by atoms with van der Waals surface area (Å²) in [5.74, 6) is 1.26. The first-order valence-electron chi connectivity index (χ1n) is 6.35. The van der Waals surface area contributed by atoms with Crippen molar-refractivity contribution in [2.75, 3.05) is 11.9 Å². The molecule has 5 nitrogen and oxygen atoms in total. The van der Waals surface area contributed by atoms with Gasteiger partial charge < -0.3 is 10.1 Å². The van der Waals surface area contributed by atoms with Crippen LogP contribution in [0, 0.1) is 12.8 Å². The zero-order valence-corrected chi connectivity index (χ0v) is 12.5. The number of anilines is 1. The van der Waals surface area contributed by atoms with E-state index in [0.29, 0.717) is 18.8 Å². The molecule has 1 aromatic heterocycles. The molecule has 0 radical (unpaired) electrons. The molecule has 6 heteroatoms. The van der Waals surface area contributed by atoms with Gasteiger partial charge in [0.05, 0.1) is 12.1 Å². The van der Waals surface area contributed by atoms with E-state index in [4.69, 9.17) is 4.74 Å². The van der Waals surface area contributed by atoms with Gasteiger partial charge in [0.15, 0.2) is 0 Å². The van der Waals surface area contributed by atoms with Crippen LogP contribution < -0.4 is 10.1 Å². The van der Waals surface area contributed by atoms with Gasteiger partial charge in [0.1, 0.15) is 18.2 Å². The predicted octanol–water partition coefficient (Wildman–Crippen LogP) is 2.67. The Morgan fingerprint density at radius 1 is 1.55 bits per heavy atom. The highest BCUT2D eigenvalue weighted by Crippen LogP contribution is 2.30. The molecule has 20 heavy (non-hydrogen) atoms. The highest BCUT2D eigenvalue weighted by Gasteiger charge is 2.26. The molecule has 1 atom stereocenters. The second-order valence-corrected chi connectivity index (χ2v) is 5.80. The number of nitrogens with one attached hydrogen (secondary N) is 2. The molecule has 0 spiro atoms. The number of halogens is 1. The van der Waals surface area contributed by atoms with Crippen LogP contribution in [-0.4, -0.2) is 22.7 Å². The van der Waals surface area contributed by atoms with Gasteiger partial charge in [-0.05, 0) is 37.1 Å². The molecule has 0 saturated heterocycles. The van der Waals surface area contributed by atoms with Crippen LogP contribution in [-0.2, 0) is 11.2 Å². The fraction of sp³-hybridized carbons (Fsp3) is 0.286. The maximum atomic E-state index is 12.3. The Morgan fingerprint density at radius 2 is 2.40 bits per heavy atom. The summed E-state index contributed by atoms with van der Waals surface area (Å²) in [6.45, 7) is 2.29. The zero-order chi connectivity index (χ0) is 14.1. The minimum atomic E-state index is -0.195. The summed E-state index contributed by atoms with van der Waals surface area (Å²) in [5, 5.41) is 9.52. The van der Waals surface area contributed by atoms with Crippen molar-refractivity contribution < 1.29 is 9.53 Å². The molecule has 0 bridgehead atoms. The molecular formula is C14H14BrN3O2. The number of ether oxygens (including phenoxy) is 1. The number of H-pyrrole nitrogens is 1. The Balaban J connectivity index is 1.73. The van der Waals surface area contributed by atoms with Crippen molar-refractivity contribution in [2.24, 2.45) is 5.92 Å². The number of amides is 1. The van der Waals surface area contributed by atoms with Gasteiger partial charge in [-0.2, -0.15) is 5.10 Å². The highest BCUT2D eigenvalue weighted by atomic mass is 79.9. The Labute approximate surface area is 124 Å². The van der Waals surface area contributed by atoms with E-state index in [1.807, 2.05) is 25.1 Å². The largest absolute Gasteiger partial charge is 0.492 e. The first kappa shape index (κ1) is 13.2. The van der Waals surface area contributed by atoms with Crippen LogP contribution in [0.2, 0.25) is 0 Å². The monoisotopic (exact) mass is 335 g/mol. The summed E-state index contributed by atoms with van der Waals surface area (Å²) in [6, 6.07) is 5.86. The quantitative estimate of drug-likeness (QED) is 0.886. The molecule has 1 unspecified atom stereocenters. The van der Waals surface area contributed by atoms with Gasteiger partial charge in [-0.15, -0.1) is 0 Å². The fourth-order valence-corrected chi connectivity index (χ4v) is 2.64. The lowest BCUT2D eigenvalue weighted by molar-refractivity contribution is -0.121. The number of fused-ring (bicyclic) bond motifs is 1. The molecule has 2 aromatic rings. The molecule has 1 amide bonds. The number of aromatic nitrogens is 2. The van der Waals surface area contributed by atoms with Crippen molar-refractivity contribution in [3.63, 3.8) is 0 Å². The summed E-state index contributed by atoms with van der Waals surface area (Å²) in [7, 11) is 0. The standard InChI is InChI=1S/C14H14BrN3O2/c1-8-6-16-18-13(8)17-14(19)10-4-9-5-11(15)2-3-12(9)20-7-10/h2-3,5-6,10H,4,7H2,1H3,(H2,16,17,18,19). The maximum Gasteiger partial charge on any atom is 0.232 e. The fourth-order valence-electron chi connectivity index (χ4n) is 2.23. The normalized spacial score (nSPS) is 17.2. The van der Waals surface area contributed by atoms with Gasteiger partial charge in [-0.1, -0.05) is 15.9 Å². The average Bonchev–Trinajstić information content (AvgIpc) is 2.83. The average molecular weight is 336 g/mol. The minimum absolute atomic E-state index is 0.0528. The second kappa shape index (κ2) is 5.28. The van der Waals surface area contributed by atoms with E-state index in [2.05, 4.69) is 31.4 Å². The van der Waals surface area contributed by atoms with Crippen LogP contribution >= 0.6 is 15.9 Å². The van der Waals surface area contributed by atoms with Crippen molar-refractivity contribution >= 4 is 27.7 Å². The molecule has 0 aliphatic carbocycles. The Kier molecular flexibility index (Phi) is 3.48. The van der Waals surface area contributed by atoms with Crippen molar-refractivity contribution in [3.8, 4) is 5.75 Å². The Morgan fingerprint density at radius 3 is 3.15 bits per heavy atom. The van der Waals surface area contributed by atoms with Crippen LogP contribution in [0.3, 0.4) is 0 Å². The molecular weight excluding hydrogens is 322 g/mol. The first-order chi connectivity index (χ1) is 9.63. The third-order valence-electron chi connectivity index (χ3n) is 3.38. The van der Waals surface area contributed by atoms with Crippen LogP contribution in [0.5, 0.6) is 5.75 Å². The number of hydrogen-bond donors (Lipinski definition) is 2. The predicted molar refractivity (Wildman–Crippen MR) is 78.8 cm³/mol. The summed E-state index contributed by atoms with van der Waals surface area (Å²) < 4.78 is 6.65. The number of benzene rings is 1. The van der Waals surface area contributed by atoms with Gasteiger partial charge in [-0.25, -0.2) is 0 Å². The van der Waals surface area contributed by atoms with E-state index in [-0.39, 0.29) is 11.8 Å². The molecule has 3 rings (SSSR count). The van der Waals surface area contributed by atoms with Crippen molar-refractivity contribution in [2.45, 2.75) is 13.3 Å². The van der Waals surface area contributed by atoms with Crippen molar-refractivity contribution in [1.82, 2.24) is 10.2 Å². The van der Waals surface area contributed by atoms with Crippen LogP contribution in [0.1, 0.15) is 11.1 Å². The van der Waals surface area contributed by atoms with E-state index in [0.717, 1.165) is 21.3 Å². The van der Waals surface area contributed by atoms with Crippen LogP contribution in [0.4, 0.5) is 5.82 Å². The first-order valence-corrected chi connectivity index (χ1v) is 7.15. The van der Waals surface area contributed by atoms with Gasteiger partial charge >= 0.3 is 0 Å². The maximum absolute atomic E-state index is 12.3. The summed E-state index contributed by atoms with van der Waals surface area (Å²) in [4.78, 5) is 12.3. The van der Waals surface area contributed by atoms with Gasteiger partial charge in [-0.3, -0.25) is 9.89 Å².